The number of hydrogen-bond donors (Lipinski definition) is 2. The summed E-state index contributed by atoms with van der Waals surface area (Å²) in [6.07, 6.45) is 2.25. The molecule has 0 spiro atoms. The number of nitrogens with one attached hydrogen (secondary N) is 1. The second kappa shape index (κ2) is 14.7. The molecule has 0 aliphatic carbocycles. The molecule has 1 aliphatic heterocycles. The number of methoxy groups -OCH3 is 1. The van der Waals surface area contributed by atoms with Crippen molar-refractivity contribution < 1.29 is 19.4 Å². The van der Waals surface area contributed by atoms with E-state index in [2.05, 4.69) is 10.2 Å². The first-order valence-electron chi connectivity index (χ1n) is 13.2. The zero-order chi connectivity index (χ0) is 28.6. The number of nitrogens with zero attached hydrogens (tertiary/aromatic N) is 2. The highest BCUT2D eigenvalue weighted by molar-refractivity contribution is 6.42. The number of likely N-dealkylation sites (tertiary alicyclic amines) is 1. The molecule has 1 fully saturated rings. The molecule has 1 saturated heterocycles. The van der Waals surface area contributed by atoms with Crippen LogP contribution in [0.1, 0.15) is 50.3 Å². The Balaban J connectivity index is 1.74. The quantitative estimate of drug-likeness (QED) is 0.355. The lowest BCUT2D eigenvalue weighted by Crippen LogP contribution is -2.50. The molecule has 1 heterocycles. The van der Waals surface area contributed by atoms with Crippen molar-refractivity contribution >= 4 is 46.6 Å². The summed E-state index contributed by atoms with van der Waals surface area (Å²) in [6.45, 7) is 6.68. The lowest BCUT2D eigenvalue weighted by Gasteiger charge is -2.39. The van der Waals surface area contributed by atoms with Gasteiger partial charge in [0, 0.05) is 44.7 Å². The van der Waals surface area contributed by atoms with Crippen molar-refractivity contribution in [3.63, 3.8) is 0 Å². The Hall–Kier alpha value is -1.87. The number of rotatable bonds is 12. The van der Waals surface area contributed by atoms with E-state index in [0.717, 1.165) is 37.1 Å². The van der Waals surface area contributed by atoms with E-state index >= 15 is 0 Å². The Labute approximate surface area is 246 Å². The highest BCUT2D eigenvalue weighted by Crippen LogP contribution is 2.34. The Kier molecular flexibility index (Phi) is 11.9. The van der Waals surface area contributed by atoms with Crippen molar-refractivity contribution in [2.24, 2.45) is 0 Å². The van der Waals surface area contributed by atoms with Crippen molar-refractivity contribution in [1.29, 1.82) is 0 Å². The van der Waals surface area contributed by atoms with Crippen LogP contribution in [0, 0.1) is 0 Å². The van der Waals surface area contributed by atoms with Crippen LogP contribution in [0.4, 0.5) is 0 Å². The number of piperidine rings is 1. The number of ether oxygens (including phenoxy) is 1. The van der Waals surface area contributed by atoms with Gasteiger partial charge in [-0.3, -0.25) is 9.59 Å². The molecule has 2 amide bonds. The van der Waals surface area contributed by atoms with Crippen LogP contribution in [-0.2, 0) is 19.7 Å². The number of amides is 2. The van der Waals surface area contributed by atoms with Gasteiger partial charge in [0.1, 0.15) is 0 Å². The summed E-state index contributed by atoms with van der Waals surface area (Å²) in [5.74, 6) is -0.152. The standard InChI is InChI=1S/C29H38Cl3N3O4/c1-20(37)35(16-17-39-3)24-10-13-34(14-11-24)15-12-29(2,22-6-9-25(31)26(32)18-22)28(38)33-27(19-36)21-4-7-23(30)8-5-21/h4-9,18,24,27,36H,10-17,19H2,1-3H3,(H,33,38). The third-order valence-electron chi connectivity index (χ3n) is 7.68. The summed E-state index contributed by atoms with van der Waals surface area (Å²) in [5.41, 5.74) is 0.575. The number of carbonyl (C=O) groups excluding carboxylic acids is 2. The SMILES string of the molecule is COCCN(C(C)=O)C1CCN(CCC(C)(C(=O)NC(CO)c2ccc(Cl)cc2)c2ccc(Cl)c(Cl)c2)CC1. The number of hydrogen-bond acceptors (Lipinski definition) is 5. The first-order valence-corrected chi connectivity index (χ1v) is 14.3. The molecule has 0 saturated carbocycles. The fourth-order valence-corrected chi connectivity index (χ4v) is 5.52. The number of carbonyl (C=O) groups is 2. The summed E-state index contributed by atoms with van der Waals surface area (Å²) in [5, 5.41) is 14.5. The summed E-state index contributed by atoms with van der Waals surface area (Å²) < 4.78 is 5.18. The lowest BCUT2D eigenvalue weighted by atomic mass is 9.78. The lowest BCUT2D eigenvalue weighted by molar-refractivity contribution is -0.133. The van der Waals surface area contributed by atoms with Crippen molar-refractivity contribution in [2.45, 2.75) is 50.6 Å². The predicted molar refractivity (Wildman–Crippen MR) is 157 cm³/mol. The minimum Gasteiger partial charge on any atom is -0.394 e. The normalized spacial score (nSPS) is 16.9. The van der Waals surface area contributed by atoms with Crippen molar-refractivity contribution in [3.05, 3.63) is 68.7 Å². The van der Waals surface area contributed by atoms with E-state index in [9.17, 15) is 14.7 Å². The summed E-state index contributed by atoms with van der Waals surface area (Å²) >= 11 is 18.6. The van der Waals surface area contributed by atoms with E-state index in [-0.39, 0.29) is 24.5 Å². The molecule has 214 valence electrons. The molecule has 0 aromatic heterocycles. The van der Waals surface area contributed by atoms with E-state index in [4.69, 9.17) is 39.5 Å². The maximum atomic E-state index is 13.9. The van der Waals surface area contributed by atoms with Gasteiger partial charge in [-0.15, -0.1) is 0 Å². The van der Waals surface area contributed by atoms with Gasteiger partial charge in [-0.2, -0.15) is 0 Å². The molecule has 2 aromatic carbocycles. The van der Waals surface area contributed by atoms with E-state index in [1.54, 1.807) is 50.4 Å². The van der Waals surface area contributed by atoms with E-state index in [0.29, 0.717) is 41.2 Å². The molecule has 2 unspecified atom stereocenters. The molecule has 3 rings (SSSR count). The molecule has 2 atom stereocenters. The third kappa shape index (κ3) is 8.32. The van der Waals surface area contributed by atoms with Gasteiger partial charge in [0.25, 0.3) is 0 Å². The van der Waals surface area contributed by atoms with Crippen LogP contribution in [0.15, 0.2) is 42.5 Å². The molecular formula is C29H38Cl3N3O4. The Morgan fingerprint density at radius 2 is 1.79 bits per heavy atom. The highest BCUT2D eigenvalue weighted by atomic mass is 35.5. The van der Waals surface area contributed by atoms with Crippen LogP contribution in [0.5, 0.6) is 0 Å². The summed E-state index contributed by atoms with van der Waals surface area (Å²) in [6, 6.07) is 11.9. The highest BCUT2D eigenvalue weighted by Gasteiger charge is 2.38. The minimum absolute atomic E-state index is 0.0634. The molecule has 39 heavy (non-hydrogen) atoms. The Morgan fingerprint density at radius 3 is 2.36 bits per heavy atom. The van der Waals surface area contributed by atoms with Crippen LogP contribution in [0.3, 0.4) is 0 Å². The predicted octanol–water partition coefficient (Wildman–Crippen LogP) is 5.10. The minimum atomic E-state index is -0.936. The zero-order valence-electron chi connectivity index (χ0n) is 22.8. The number of aliphatic hydroxyl groups excluding tert-OH is 1. The monoisotopic (exact) mass is 597 g/mol. The zero-order valence-corrected chi connectivity index (χ0v) is 25.0. The number of halogens is 3. The molecule has 2 aromatic rings. The van der Waals surface area contributed by atoms with Crippen LogP contribution in [-0.4, -0.2) is 79.3 Å². The van der Waals surface area contributed by atoms with Crippen molar-refractivity contribution in [3.8, 4) is 0 Å². The second-order valence-electron chi connectivity index (χ2n) is 10.2. The summed E-state index contributed by atoms with van der Waals surface area (Å²) in [7, 11) is 1.64. The van der Waals surface area contributed by atoms with E-state index < -0.39 is 11.5 Å². The maximum absolute atomic E-state index is 13.9. The Morgan fingerprint density at radius 1 is 1.13 bits per heavy atom. The number of benzene rings is 2. The van der Waals surface area contributed by atoms with E-state index in [1.807, 2.05) is 17.9 Å². The molecule has 0 bridgehead atoms. The van der Waals surface area contributed by atoms with Crippen LogP contribution in [0.2, 0.25) is 15.1 Å². The molecule has 2 N–H and O–H groups in total. The Bertz CT molecular complexity index is 1110. The number of aliphatic hydroxyl groups is 1. The molecule has 1 aliphatic rings. The van der Waals surface area contributed by atoms with Gasteiger partial charge in [-0.05, 0) is 68.1 Å². The fraction of sp³-hybridized carbons (Fsp3) is 0.517. The van der Waals surface area contributed by atoms with Crippen LogP contribution in [0.25, 0.3) is 0 Å². The molecule has 10 heteroatoms. The third-order valence-corrected chi connectivity index (χ3v) is 8.68. The average molecular weight is 599 g/mol. The van der Waals surface area contributed by atoms with Gasteiger partial charge in [-0.25, -0.2) is 0 Å². The van der Waals surface area contributed by atoms with Gasteiger partial charge in [0.15, 0.2) is 0 Å². The van der Waals surface area contributed by atoms with Crippen molar-refractivity contribution in [1.82, 2.24) is 15.1 Å². The fourth-order valence-electron chi connectivity index (χ4n) is 5.10. The second-order valence-corrected chi connectivity index (χ2v) is 11.5. The first kappa shape index (κ1) is 31.7. The largest absolute Gasteiger partial charge is 0.394 e. The maximum Gasteiger partial charge on any atom is 0.230 e. The average Bonchev–Trinajstić information content (AvgIpc) is 2.93. The molecule has 0 radical (unpaired) electrons. The van der Waals surface area contributed by atoms with Crippen molar-refractivity contribution in [2.75, 3.05) is 46.5 Å². The van der Waals surface area contributed by atoms with Gasteiger partial charge in [-0.1, -0.05) is 53.0 Å². The first-order chi connectivity index (χ1) is 18.6. The van der Waals surface area contributed by atoms with Gasteiger partial charge in [0.05, 0.1) is 34.7 Å². The topological polar surface area (TPSA) is 82.1 Å². The van der Waals surface area contributed by atoms with Gasteiger partial charge < -0.3 is 25.0 Å². The van der Waals surface area contributed by atoms with Gasteiger partial charge >= 0.3 is 0 Å². The molecular weight excluding hydrogens is 561 g/mol. The van der Waals surface area contributed by atoms with Crippen LogP contribution >= 0.6 is 34.8 Å². The smallest absolute Gasteiger partial charge is 0.230 e. The van der Waals surface area contributed by atoms with Crippen LogP contribution < -0.4 is 5.32 Å². The van der Waals surface area contributed by atoms with E-state index in [1.165, 1.54) is 0 Å². The van der Waals surface area contributed by atoms with Gasteiger partial charge in [0.2, 0.25) is 11.8 Å². The summed E-state index contributed by atoms with van der Waals surface area (Å²) in [4.78, 5) is 30.3. The molecule has 7 nitrogen and oxygen atoms in total.